The summed E-state index contributed by atoms with van der Waals surface area (Å²) in [5.41, 5.74) is 0. The van der Waals surface area contributed by atoms with Gasteiger partial charge in [0.25, 0.3) is 0 Å². The van der Waals surface area contributed by atoms with Crippen LogP contribution in [-0.4, -0.2) is 68.7 Å². The first-order valence-corrected chi connectivity index (χ1v) is 9.58. The molecule has 1 N–H and O–H groups in total. The third-order valence-corrected chi connectivity index (χ3v) is 7.36. The third-order valence-electron chi connectivity index (χ3n) is 5.05. The monoisotopic (exact) mass is 337 g/mol. The van der Waals surface area contributed by atoms with Gasteiger partial charge in [-0.05, 0) is 57.7 Å². The lowest BCUT2D eigenvalue weighted by Gasteiger charge is -2.27. The number of likely N-dealkylation sites (tertiary alicyclic amines) is 1. The van der Waals surface area contributed by atoms with Crippen LogP contribution in [0.2, 0.25) is 0 Å². The van der Waals surface area contributed by atoms with Crippen LogP contribution in [0.1, 0.15) is 32.1 Å². The maximum Gasteiger partial charge on any atom is 0.218 e. The van der Waals surface area contributed by atoms with Crippen molar-refractivity contribution >= 4 is 22.4 Å². The zero-order chi connectivity index (χ0) is 14.0. The minimum absolute atomic E-state index is 0. The zero-order valence-electron chi connectivity index (χ0n) is 12.7. The summed E-state index contributed by atoms with van der Waals surface area (Å²) in [4.78, 5) is 2.38. The van der Waals surface area contributed by atoms with Crippen molar-refractivity contribution in [2.24, 2.45) is 5.92 Å². The molecule has 0 aromatic carbocycles. The van der Waals surface area contributed by atoms with Gasteiger partial charge in [0.15, 0.2) is 0 Å². The fourth-order valence-electron chi connectivity index (χ4n) is 3.79. The molecule has 3 saturated heterocycles. The Hall–Kier alpha value is 0.120. The smallest absolute Gasteiger partial charge is 0.218 e. The molecule has 0 amide bonds. The first kappa shape index (κ1) is 17.5. The van der Waals surface area contributed by atoms with Crippen molar-refractivity contribution < 1.29 is 8.42 Å². The van der Waals surface area contributed by atoms with Crippen LogP contribution < -0.4 is 5.32 Å². The fraction of sp³-hybridized carbons (Fsp3) is 1.00. The fourth-order valence-corrected chi connectivity index (χ4v) is 5.78. The van der Waals surface area contributed by atoms with E-state index in [1.54, 1.807) is 4.31 Å². The van der Waals surface area contributed by atoms with Crippen molar-refractivity contribution in [1.82, 2.24) is 14.5 Å². The maximum absolute atomic E-state index is 12.6. The van der Waals surface area contributed by atoms with Crippen LogP contribution in [0.15, 0.2) is 0 Å². The highest BCUT2D eigenvalue weighted by Crippen LogP contribution is 2.25. The van der Waals surface area contributed by atoms with Crippen LogP contribution in [0, 0.1) is 5.92 Å². The summed E-state index contributed by atoms with van der Waals surface area (Å²) in [6.07, 6.45) is 5.36. The van der Waals surface area contributed by atoms with Crippen molar-refractivity contribution in [2.75, 3.05) is 45.8 Å². The first-order chi connectivity index (χ1) is 9.66. The molecule has 0 saturated carbocycles. The second-order valence-electron chi connectivity index (χ2n) is 6.51. The van der Waals surface area contributed by atoms with E-state index in [9.17, 15) is 8.42 Å². The Morgan fingerprint density at radius 1 is 1.00 bits per heavy atom. The number of piperidine rings is 1. The summed E-state index contributed by atoms with van der Waals surface area (Å²) >= 11 is 0. The number of hydrogen-bond donors (Lipinski definition) is 1. The lowest BCUT2D eigenvalue weighted by atomic mass is 9.98. The summed E-state index contributed by atoms with van der Waals surface area (Å²) in [6, 6.07) is 0. The molecule has 0 bridgehead atoms. The van der Waals surface area contributed by atoms with Crippen molar-refractivity contribution in [3.05, 3.63) is 0 Å². The molecule has 3 aliphatic heterocycles. The lowest BCUT2D eigenvalue weighted by molar-refractivity contribution is 0.240. The Balaban J connectivity index is 0.00000161. The average Bonchev–Trinajstić information content (AvgIpc) is 3.11. The molecule has 3 heterocycles. The highest BCUT2D eigenvalue weighted by molar-refractivity contribution is 7.89. The van der Waals surface area contributed by atoms with Crippen LogP contribution in [0.3, 0.4) is 0 Å². The maximum atomic E-state index is 12.6. The largest absolute Gasteiger partial charge is 0.317 e. The Morgan fingerprint density at radius 2 is 1.67 bits per heavy atom. The molecule has 0 spiro atoms. The van der Waals surface area contributed by atoms with Crippen molar-refractivity contribution in [3.63, 3.8) is 0 Å². The van der Waals surface area contributed by atoms with E-state index < -0.39 is 10.0 Å². The molecular weight excluding hydrogens is 310 g/mol. The topological polar surface area (TPSA) is 52.7 Å². The van der Waals surface area contributed by atoms with Gasteiger partial charge in [0.2, 0.25) is 10.0 Å². The Bertz CT molecular complexity index is 420. The normalized spacial score (nSPS) is 29.6. The van der Waals surface area contributed by atoms with Crippen LogP contribution in [0.25, 0.3) is 0 Å². The van der Waals surface area contributed by atoms with Crippen LogP contribution >= 0.6 is 12.4 Å². The van der Waals surface area contributed by atoms with Gasteiger partial charge < -0.3 is 10.2 Å². The van der Waals surface area contributed by atoms with E-state index in [-0.39, 0.29) is 17.7 Å². The predicted molar refractivity (Wildman–Crippen MR) is 87.4 cm³/mol. The molecule has 5 nitrogen and oxygen atoms in total. The van der Waals surface area contributed by atoms with E-state index in [0.29, 0.717) is 0 Å². The van der Waals surface area contributed by atoms with Gasteiger partial charge in [-0.3, -0.25) is 0 Å². The van der Waals surface area contributed by atoms with E-state index in [0.717, 1.165) is 71.0 Å². The predicted octanol–water partition coefficient (Wildman–Crippen LogP) is 0.908. The standard InChI is InChI=1S/C14H27N3O2S.ClH/c18-20(19,17-8-1-2-9-17)14-5-10-16(12-14)11-13-3-6-15-7-4-13;/h13-15H,1-12H2;1H. The summed E-state index contributed by atoms with van der Waals surface area (Å²) in [6.45, 7) is 6.53. The number of halogens is 1. The number of sulfonamides is 1. The second kappa shape index (κ2) is 7.59. The summed E-state index contributed by atoms with van der Waals surface area (Å²) in [5, 5.41) is 3.24. The quantitative estimate of drug-likeness (QED) is 0.828. The van der Waals surface area contributed by atoms with Crippen molar-refractivity contribution in [1.29, 1.82) is 0 Å². The van der Waals surface area contributed by atoms with Crippen LogP contribution in [0.5, 0.6) is 0 Å². The average molecular weight is 338 g/mol. The molecule has 1 atom stereocenters. The molecular formula is C14H28ClN3O2S. The van der Waals surface area contributed by atoms with Crippen molar-refractivity contribution in [3.8, 4) is 0 Å². The van der Waals surface area contributed by atoms with Crippen LogP contribution in [0.4, 0.5) is 0 Å². The molecule has 0 aromatic heterocycles. The molecule has 3 fully saturated rings. The van der Waals surface area contributed by atoms with E-state index in [4.69, 9.17) is 0 Å². The van der Waals surface area contributed by atoms with E-state index in [1.165, 1.54) is 12.8 Å². The van der Waals surface area contributed by atoms with E-state index in [1.807, 2.05) is 0 Å². The Labute approximate surface area is 134 Å². The van der Waals surface area contributed by atoms with E-state index in [2.05, 4.69) is 10.2 Å². The molecule has 21 heavy (non-hydrogen) atoms. The summed E-state index contributed by atoms with van der Waals surface area (Å²) in [7, 11) is -3.03. The third kappa shape index (κ3) is 4.10. The van der Waals surface area contributed by atoms with Crippen LogP contribution in [-0.2, 0) is 10.0 Å². The second-order valence-corrected chi connectivity index (χ2v) is 8.73. The zero-order valence-corrected chi connectivity index (χ0v) is 14.3. The van der Waals surface area contributed by atoms with Gasteiger partial charge in [0, 0.05) is 26.2 Å². The molecule has 124 valence electrons. The van der Waals surface area contributed by atoms with Gasteiger partial charge >= 0.3 is 0 Å². The Morgan fingerprint density at radius 3 is 2.33 bits per heavy atom. The molecule has 1 unspecified atom stereocenters. The molecule has 3 aliphatic rings. The van der Waals surface area contributed by atoms with E-state index >= 15 is 0 Å². The molecule has 0 radical (unpaired) electrons. The lowest BCUT2D eigenvalue weighted by Crippen LogP contribution is -2.40. The number of nitrogens with zero attached hydrogens (tertiary/aromatic N) is 2. The Kier molecular flexibility index (Phi) is 6.32. The van der Waals surface area contributed by atoms with Gasteiger partial charge in [-0.1, -0.05) is 0 Å². The van der Waals surface area contributed by atoms with Gasteiger partial charge in [0.1, 0.15) is 0 Å². The minimum atomic E-state index is -3.03. The minimum Gasteiger partial charge on any atom is -0.317 e. The highest BCUT2D eigenvalue weighted by Gasteiger charge is 2.38. The van der Waals surface area contributed by atoms with Gasteiger partial charge in [-0.25, -0.2) is 12.7 Å². The van der Waals surface area contributed by atoms with Gasteiger partial charge in [0.05, 0.1) is 5.25 Å². The molecule has 3 rings (SSSR count). The number of rotatable bonds is 4. The summed E-state index contributed by atoms with van der Waals surface area (Å²) < 4.78 is 26.9. The first-order valence-electron chi connectivity index (χ1n) is 8.08. The SMILES string of the molecule is Cl.O=S(=O)(C1CCN(CC2CCNCC2)C1)N1CCCC1. The highest BCUT2D eigenvalue weighted by atomic mass is 35.5. The molecule has 7 heteroatoms. The number of nitrogens with one attached hydrogen (secondary N) is 1. The molecule has 0 aliphatic carbocycles. The van der Waals surface area contributed by atoms with Crippen molar-refractivity contribution in [2.45, 2.75) is 37.4 Å². The number of hydrogen-bond acceptors (Lipinski definition) is 4. The summed E-state index contributed by atoms with van der Waals surface area (Å²) in [5.74, 6) is 0.754. The van der Waals surface area contributed by atoms with Gasteiger partial charge in [-0.2, -0.15) is 0 Å². The van der Waals surface area contributed by atoms with Gasteiger partial charge in [-0.15, -0.1) is 12.4 Å². The molecule has 0 aromatic rings.